The van der Waals surface area contributed by atoms with E-state index in [-0.39, 0.29) is 5.82 Å². The first kappa shape index (κ1) is 8.33. The lowest BCUT2D eigenvalue weighted by atomic mass is 9.84. The topological polar surface area (TPSA) is 38.3 Å². The zero-order valence-electron chi connectivity index (χ0n) is 5.97. The van der Waals surface area contributed by atoms with Crippen molar-refractivity contribution in [2.45, 2.75) is 19.7 Å². The fourth-order valence-electron chi connectivity index (χ4n) is 0.257. The lowest BCUT2D eigenvalue weighted by Gasteiger charge is -2.02. The highest BCUT2D eigenvalue weighted by molar-refractivity contribution is 6.32. The molecule has 0 fully saturated rings. The predicted molar refractivity (Wildman–Crippen MR) is 36.4 cm³/mol. The minimum absolute atomic E-state index is 0.280. The van der Waals surface area contributed by atoms with Gasteiger partial charge in [-0.1, -0.05) is 13.8 Å². The second-order valence-electron chi connectivity index (χ2n) is 2.04. The molecule has 0 unspecified atom stereocenters. The molecule has 0 bridgehead atoms. The molecule has 0 rings (SSSR count). The summed E-state index contributed by atoms with van der Waals surface area (Å²) in [4.78, 5) is 10.4. The van der Waals surface area contributed by atoms with E-state index in [0.29, 0.717) is 0 Å². The molecule has 3 nitrogen and oxygen atoms in total. The maximum atomic E-state index is 10.4. The van der Waals surface area contributed by atoms with E-state index in [2.05, 4.69) is 9.97 Å². The van der Waals surface area contributed by atoms with E-state index in [1.54, 1.807) is 0 Å². The number of carbonyl (C=O) groups is 1. The Bertz CT molecular complexity index is 95.0. The van der Waals surface area contributed by atoms with Crippen molar-refractivity contribution >= 4 is 13.6 Å². The molecule has 51 valence electrons. The number of hydrogen-bond donors (Lipinski definition) is 1. The van der Waals surface area contributed by atoms with Gasteiger partial charge in [-0.2, -0.15) is 0 Å². The van der Waals surface area contributed by atoms with Gasteiger partial charge in [0.05, 0.1) is 0 Å². The van der Waals surface area contributed by atoms with Gasteiger partial charge in [0, 0.05) is 7.05 Å². The lowest BCUT2D eigenvalue weighted by Crippen LogP contribution is -2.21. The average Bonchev–Trinajstić information content (AvgIpc) is 1.83. The Morgan fingerprint density at radius 2 is 2.22 bits per heavy atom. The number of nitrogens with one attached hydrogen (secondary N) is 1. The molecule has 0 atom stereocenters. The zero-order chi connectivity index (χ0) is 7.28. The Balaban J connectivity index is 3.17. The molecule has 1 N–H and O–H groups in total. The van der Waals surface area contributed by atoms with E-state index in [4.69, 9.17) is 0 Å². The van der Waals surface area contributed by atoms with Crippen LogP contribution in [0.1, 0.15) is 13.8 Å². The highest BCUT2D eigenvalue weighted by Crippen LogP contribution is 1.96. The van der Waals surface area contributed by atoms with E-state index in [9.17, 15) is 4.79 Å². The normalized spacial score (nSPS) is 8.89. The summed E-state index contributed by atoms with van der Waals surface area (Å²) in [5, 5.41) is 2.33. The third-order valence-electron chi connectivity index (χ3n) is 0.651. The fraction of sp³-hybridized carbons (Fsp3) is 0.800. The molecular weight excluding hydrogens is 117 g/mol. The highest BCUT2D eigenvalue weighted by atomic mass is 16.5. The summed E-state index contributed by atoms with van der Waals surface area (Å²) in [7, 11) is 3.01. The molecule has 0 aliphatic heterocycles. The first-order valence-electron chi connectivity index (χ1n) is 2.88. The minimum atomic E-state index is -0.413. The summed E-state index contributed by atoms with van der Waals surface area (Å²) in [6.07, 6.45) is -0.413. The van der Waals surface area contributed by atoms with Crippen molar-refractivity contribution in [2.24, 2.45) is 0 Å². The van der Waals surface area contributed by atoms with E-state index in [1.807, 2.05) is 13.8 Å². The summed E-state index contributed by atoms with van der Waals surface area (Å²) < 4.78 is 4.58. The summed E-state index contributed by atoms with van der Waals surface area (Å²) in [5.41, 5.74) is 0. The molecule has 0 aromatic heterocycles. The van der Waals surface area contributed by atoms with Gasteiger partial charge >= 0.3 is 13.6 Å². The maximum Gasteiger partial charge on any atom is 0.388 e. The predicted octanol–water partition coefficient (Wildman–Crippen LogP) is 0.790. The van der Waals surface area contributed by atoms with Crippen LogP contribution in [0.15, 0.2) is 0 Å². The van der Waals surface area contributed by atoms with Crippen molar-refractivity contribution in [3.05, 3.63) is 0 Å². The van der Waals surface area contributed by atoms with Crippen LogP contribution >= 0.6 is 0 Å². The SMILES string of the molecule is CNC(=O)O[B]C(C)C. The standard InChI is InChI=1S/C5H11BNO2/c1-4(2)6-9-5(8)7-3/h4H,1-3H3,(H,7,8). The molecule has 0 aromatic rings. The highest BCUT2D eigenvalue weighted by Gasteiger charge is 2.02. The van der Waals surface area contributed by atoms with E-state index in [0.717, 1.165) is 0 Å². The molecule has 0 saturated heterocycles. The fourth-order valence-corrected chi connectivity index (χ4v) is 0.257. The lowest BCUT2D eigenvalue weighted by molar-refractivity contribution is 0.204. The van der Waals surface area contributed by atoms with Crippen LogP contribution in [0.2, 0.25) is 5.82 Å². The third-order valence-corrected chi connectivity index (χ3v) is 0.651. The Morgan fingerprint density at radius 1 is 1.67 bits per heavy atom. The van der Waals surface area contributed by atoms with Crippen LogP contribution in [-0.4, -0.2) is 20.6 Å². The van der Waals surface area contributed by atoms with Crippen molar-refractivity contribution in [3.8, 4) is 0 Å². The Hall–Kier alpha value is -0.665. The zero-order valence-corrected chi connectivity index (χ0v) is 5.97. The molecule has 0 aliphatic carbocycles. The summed E-state index contributed by atoms with van der Waals surface area (Å²) >= 11 is 0. The summed E-state index contributed by atoms with van der Waals surface area (Å²) in [5.74, 6) is 0.280. The molecule has 0 heterocycles. The largest absolute Gasteiger partial charge is 0.523 e. The summed E-state index contributed by atoms with van der Waals surface area (Å²) in [6.45, 7) is 3.87. The van der Waals surface area contributed by atoms with Crippen LogP contribution in [0.5, 0.6) is 0 Å². The third kappa shape index (κ3) is 5.20. The minimum Gasteiger partial charge on any atom is -0.523 e. The molecule has 1 amide bonds. The van der Waals surface area contributed by atoms with Crippen LogP contribution in [0, 0.1) is 0 Å². The molecular formula is C5H11BNO2. The average molecular weight is 128 g/mol. The Kier molecular flexibility index (Phi) is 3.92. The second-order valence-corrected chi connectivity index (χ2v) is 2.04. The van der Waals surface area contributed by atoms with E-state index < -0.39 is 6.09 Å². The van der Waals surface area contributed by atoms with Crippen molar-refractivity contribution < 1.29 is 9.45 Å². The van der Waals surface area contributed by atoms with Gasteiger partial charge in [0.1, 0.15) is 0 Å². The molecule has 1 radical (unpaired) electrons. The first-order chi connectivity index (χ1) is 4.16. The maximum absolute atomic E-state index is 10.4. The van der Waals surface area contributed by atoms with E-state index >= 15 is 0 Å². The van der Waals surface area contributed by atoms with Gasteiger partial charge in [-0.25, -0.2) is 4.79 Å². The van der Waals surface area contributed by atoms with Crippen LogP contribution in [0.3, 0.4) is 0 Å². The van der Waals surface area contributed by atoms with Crippen molar-refractivity contribution in [2.75, 3.05) is 7.05 Å². The van der Waals surface area contributed by atoms with Crippen molar-refractivity contribution in [3.63, 3.8) is 0 Å². The van der Waals surface area contributed by atoms with Gasteiger partial charge in [-0.3, -0.25) is 0 Å². The number of hydrogen-bond acceptors (Lipinski definition) is 2. The number of amides is 1. The van der Waals surface area contributed by atoms with Crippen molar-refractivity contribution in [1.82, 2.24) is 5.32 Å². The monoisotopic (exact) mass is 128 g/mol. The van der Waals surface area contributed by atoms with Crippen LogP contribution in [-0.2, 0) is 4.65 Å². The Morgan fingerprint density at radius 3 is 2.56 bits per heavy atom. The van der Waals surface area contributed by atoms with Gasteiger partial charge in [0.25, 0.3) is 0 Å². The molecule has 0 spiro atoms. The van der Waals surface area contributed by atoms with Gasteiger partial charge in [0.2, 0.25) is 0 Å². The van der Waals surface area contributed by atoms with Gasteiger partial charge in [-0.05, 0) is 5.82 Å². The quantitative estimate of drug-likeness (QED) is 0.558. The number of rotatable bonds is 2. The molecule has 0 aliphatic rings. The molecule has 4 heteroatoms. The first-order valence-corrected chi connectivity index (χ1v) is 2.88. The second kappa shape index (κ2) is 4.24. The Labute approximate surface area is 56.0 Å². The van der Waals surface area contributed by atoms with Crippen LogP contribution in [0.4, 0.5) is 4.79 Å². The van der Waals surface area contributed by atoms with Gasteiger partial charge in [0.15, 0.2) is 0 Å². The van der Waals surface area contributed by atoms with Gasteiger partial charge in [-0.15, -0.1) is 0 Å². The molecule has 9 heavy (non-hydrogen) atoms. The van der Waals surface area contributed by atoms with Crippen LogP contribution in [0.25, 0.3) is 0 Å². The van der Waals surface area contributed by atoms with Crippen LogP contribution < -0.4 is 5.32 Å². The summed E-state index contributed by atoms with van der Waals surface area (Å²) in [6, 6.07) is 0. The van der Waals surface area contributed by atoms with Crippen molar-refractivity contribution in [1.29, 1.82) is 0 Å². The molecule has 0 saturated carbocycles. The van der Waals surface area contributed by atoms with E-state index in [1.165, 1.54) is 14.5 Å². The molecule has 0 aromatic carbocycles. The smallest absolute Gasteiger partial charge is 0.388 e. The number of carbonyl (C=O) groups excluding carboxylic acids is 1. The van der Waals surface area contributed by atoms with Gasteiger partial charge < -0.3 is 9.97 Å².